The van der Waals surface area contributed by atoms with Gasteiger partial charge in [0.15, 0.2) is 0 Å². The first-order valence-corrected chi connectivity index (χ1v) is 6.36. The molecule has 0 spiro atoms. The van der Waals surface area contributed by atoms with Crippen molar-refractivity contribution in [2.75, 3.05) is 0 Å². The van der Waals surface area contributed by atoms with Crippen LogP contribution < -0.4 is 0 Å². The lowest BCUT2D eigenvalue weighted by molar-refractivity contribution is -0.158. The lowest BCUT2D eigenvalue weighted by Gasteiger charge is -2.27. The molecule has 0 saturated carbocycles. The second-order valence-corrected chi connectivity index (χ2v) is 5.30. The molecule has 1 aromatic carbocycles. The molecule has 3 heterocycles. The molecule has 0 aliphatic carbocycles. The number of carbonyl (C=O) groups excluding carboxylic acids is 2. The van der Waals surface area contributed by atoms with Crippen LogP contribution in [0.1, 0.15) is 5.56 Å². The number of hydrogen-bond acceptors (Lipinski definition) is 4. The molecule has 19 heavy (non-hydrogen) atoms. The van der Waals surface area contributed by atoms with Crippen LogP contribution in [0.2, 0.25) is 0 Å². The highest BCUT2D eigenvalue weighted by molar-refractivity contribution is 5.99. The minimum absolute atomic E-state index is 0.312. The molecule has 96 valence electrons. The minimum atomic E-state index is -0.708. The van der Waals surface area contributed by atoms with Gasteiger partial charge < -0.3 is 9.47 Å². The van der Waals surface area contributed by atoms with E-state index in [1.807, 2.05) is 42.5 Å². The van der Waals surface area contributed by atoms with Crippen molar-refractivity contribution >= 4 is 11.9 Å². The molecule has 4 rings (SSSR count). The van der Waals surface area contributed by atoms with Gasteiger partial charge in [-0.3, -0.25) is 9.59 Å². The molecular formula is C15H12O4. The van der Waals surface area contributed by atoms with Crippen LogP contribution in [0.25, 0.3) is 0 Å². The molecule has 0 N–H and O–H groups in total. The fraction of sp³-hybridized carbons (Fsp3) is 0.333. The third kappa shape index (κ3) is 1.37. The zero-order valence-corrected chi connectivity index (χ0v) is 10.1. The van der Waals surface area contributed by atoms with E-state index in [0.29, 0.717) is 6.42 Å². The number of fused-ring (bicyclic) bond motifs is 5. The maximum absolute atomic E-state index is 11.9. The van der Waals surface area contributed by atoms with Crippen molar-refractivity contribution in [2.45, 2.75) is 18.1 Å². The normalized spacial score (nSPS) is 38.6. The van der Waals surface area contributed by atoms with Gasteiger partial charge in [0.1, 0.15) is 17.4 Å². The van der Waals surface area contributed by atoms with Crippen molar-refractivity contribution in [3.63, 3.8) is 0 Å². The first kappa shape index (κ1) is 10.9. The Balaban J connectivity index is 1.73. The summed E-state index contributed by atoms with van der Waals surface area (Å²) in [6, 6.07) is 9.84. The summed E-state index contributed by atoms with van der Waals surface area (Å²) in [6.07, 6.45) is 4.08. The summed E-state index contributed by atoms with van der Waals surface area (Å²) in [6.45, 7) is 0. The monoisotopic (exact) mass is 256 g/mol. The number of ether oxygens (including phenoxy) is 2. The molecule has 4 nitrogen and oxygen atoms in total. The van der Waals surface area contributed by atoms with Gasteiger partial charge in [-0.15, -0.1) is 0 Å². The molecule has 3 aliphatic heterocycles. The van der Waals surface area contributed by atoms with Crippen LogP contribution in [-0.2, 0) is 25.5 Å². The highest BCUT2D eigenvalue weighted by atomic mass is 16.6. The largest absolute Gasteiger partial charge is 0.393 e. The van der Waals surface area contributed by atoms with E-state index >= 15 is 0 Å². The van der Waals surface area contributed by atoms with Crippen LogP contribution >= 0.6 is 0 Å². The molecule has 0 aromatic heterocycles. The summed E-state index contributed by atoms with van der Waals surface area (Å²) in [5.41, 5.74) is 0.375. The second-order valence-electron chi connectivity index (χ2n) is 5.30. The molecule has 4 unspecified atom stereocenters. The summed E-state index contributed by atoms with van der Waals surface area (Å²) in [5.74, 6) is -1.84. The maximum Gasteiger partial charge on any atom is 0.320 e. The van der Waals surface area contributed by atoms with Crippen molar-refractivity contribution in [3.05, 3.63) is 48.0 Å². The Labute approximate surface area is 110 Å². The van der Waals surface area contributed by atoms with E-state index in [-0.39, 0.29) is 6.10 Å². The van der Waals surface area contributed by atoms with E-state index in [2.05, 4.69) is 0 Å². The molecule has 2 bridgehead atoms. The topological polar surface area (TPSA) is 52.6 Å². The molecule has 0 radical (unpaired) electrons. The molecule has 4 atom stereocenters. The van der Waals surface area contributed by atoms with Gasteiger partial charge in [0.2, 0.25) is 0 Å². The summed E-state index contributed by atoms with van der Waals surface area (Å²) in [7, 11) is 0. The first-order chi connectivity index (χ1) is 9.20. The quantitative estimate of drug-likeness (QED) is 0.454. The summed E-state index contributed by atoms with van der Waals surface area (Å²) < 4.78 is 10.7. The molecule has 4 heteroatoms. The Morgan fingerprint density at radius 1 is 1.11 bits per heavy atom. The second kappa shape index (κ2) is 3.54. The van der Waals surface area contributed by atoms with Crippen molar-refractivity contribution in [1.82, 2.24) is 0 Å². The van der Waals surface area contributed by atoms with Crippen LogP contribution in [0.3, 0.4) is 0 Å². The van der Waals surface area contributed by atoms with Crippen LogP contribution in [0.15, 0.2) is 42.5 Å². The summed E-state index contributed by atoms with van der Waals surface area (Å²) >= 11 is 0. The zero-order valence-electron chi connectivity index (χ0n) is 10.1. The lowest BCUT2D eigenvalue weighted by atomic mass is 9.74. The predicted octanol–water partition coefficient (Wildman–Crippen LogP) is 1.25. The minimum Gasteiger partial charge on any atom is -0.393 e. The Bertz CT molecular complexity index is 591. The average Bonchev–Trinajstić information content (AvgIpc) is 3.03. The van der Waals surface area contributed by atoms with Crippen LogP contribution in [-0.4, -0.2) is 23.6 Å². The standard InChI is InChI=1S/C15H12O4/c16-13-11-10-6-7-15(19-10,12(11)14(17)18-13)8-9-4-2-1-3-5-9/h1-7,10-12H,8H2. The van der Waals surface area contributed by atoms with Gasteiger partial charge >= 0.3 is 11.9 Å². The number of rotatable bonds is 2. The van der Waals surface area contributed by atoms with E-state index in [4.69, 9.17) is 9.47 Å². The molecule has 2 saturated heterocycles. The first-order valence-electron chi connectivity index (χ1n) is 6.36. The fourth-order valence-corrected chi connectivity index (χ4v) is 3.43. The highest BCUT2D eigenvalue weighted by Crippen LogP contribution is 2.52. The smallest absolute Gasteiger partial charge is 0.320 e. The van der Waals surface area contributed by atoms with Gasteiger partial charge in [0.25, 0.3) is 0 Å². The number of carbonyl (C=O) groups is 2. The van der Waals surface area contributed by atoms with Gasteiger partial charge in [-0.25, -0.2) is 0 Å². The lowest BCUT2D eigenvalue weighted by Crippen LogP contribution is -2.39. The summed E-state index contributed by atoms with van der Waals surface area (Å²) in [4.78, 5) is 23.6. The number of hydrogen-bond donors (Lipinski definition) is 0. The molecule has 3 aliphatic rings. The van der Waals surface area contributed by atoms with E-state index < -0.39 is 29.4 Å². The van der Waals surface area contributed by atoms with E-state index in [1.54, 1.807) is 0 Å². The van der Waals surface area contributed by atoms with Gasteiger partial charge in [0.05, 0.1) is 6.10 Å². The van der Waals surface area contributed by atoms with Gasteiger partial charge in [0, 0.05) is 6.42 Å². The van der Waals surface area contributed by atoms with Gasteiger partial charge in [-0.2, -0.15) is 0 Å². The molecule has 0 amide bonds. The molecule has 1 aromatic rings. The van der Waals surface area contributed by atoms with Gasteiger partial charge in [-0.05, 0) is 5.56 Å². The van der Waals surface area contributed by atoms with Crippen molar-refractivity contribution in [3.8, 4) is 0 Å². The van der Waals surface area contributed by atoms with E-state index in [0.717, 1.165) is 5.56 Å². The van der Waals surface area contributed by atoms with Crippen LogP contribution in [0, 0.1) is 11.8 Å². The fourth-order valence-electron chi connectivity index (χ4n) is 3.43. The molecular weight excluding hydrogens is 244 g/mol. The third-order valence-electron chi connectivity index (χ3n) is 4.21. The van der Waals surface area contributed by atoms with Gasteiger partial charge in [-0.1, -0.05) is 42.5 Å². The number of benzene rings is 1. The Kier molecular flexibility index (Phi) is 2.04. The Morgan fingerprint density at radius 3 is 2.68 bits per heavy atom. The Hall–Kier alpha value is -1.94. The van der Waals surface area contributed by atoms with E-state index in [1.165, 1.54) is 0 Å². The average molecular weight is 256 g/mol. The van der Waals surface area contributed by atoms with E-state index in [9.17, 15) is 9.59 Å². The van der Waals surface area contributed by atoms with Crippen molar-refractivity contribution in [2.24, 2.45) is 11.8 Å². The summed E-state index contributed by atoms with van der Waals surface area (Å²) in [5, 5.41) is 0. The number of cyclic esters (lactones) is 2. The number of esters is 2. The third-order valence-corrected chi connectivity index (χ3v) is 4.21. The molecule has 2 fully saturated rings. The van der Waals surface area contributed by atoms with Crippen molar-refractivity contribution < 1.29 is 19.1 Å². The van der Waals surface area contributed by atoms with Crippen molar-refractivity contribution in [1.29, 1.82) is 0 Å². The maximum atomic E-state index is 11.9. The predicted molar refractivity (Wildman–Crippen MR) is 65.0 cm³/mol. The SMILES string of the molecule is O=C1OC(=O)C2C1C1C=CC2(Cc2ccccc2)O1. The van der Waals surface area contributed by atoms with Crippen LogP contribution in [0.4, 0.5) is 0 Å². The van der Waals surface area contributed by atoms with Crippen LogP contribution in [0.5, 0.6) is 0 Å². The Morgan fingerprint density at radius 2 is 1.89 bits per heavy atom. The zero-order chi connectivity index (χ0) is 13.0. The highest BCUT2D eigenvalue weighted by Gasteiger charge is 2.66.